The Hall–Kier alpha value is -1.42. The zero-order chi connectivity index (χ0) is 11.8. The first-order chi connectivity index (χ1) is 7.48. The lowest BCUT2D eigenvalue weighted by molar-refractivity contribution is 0.0838. The van der Waals surface area contributed by atoms with Crippen LogP contribution in [-0.4, -0.2) is 34.6 Å². The van der Waals surface area contributed by atoms with Gasteiger partial charge >= 0.3 is 0 Å². The van der Waals surface area contributed by atoms with Gasteiger partial charge in [-0.2, -0.15) is 0 Å². The molecular weight excluding hydrogens is 204 g/mol. The number of rotatable bonds is 2. The Bertz CT molecular complexity index is 398. The molecule has 1 saturated heterocycles. The SMILES string of the molecule is CC(=O)c1ccc(N2CCC(C)(O)C2)nc1. The summed E-state index contributed by atoms with van der Waals surface area (Å²) < 4.78 is 0. The third-order valence-electron chi connectivity index (χ3n) is 2.93. The highest BCUT2D eigenvalue weighted by Gasteiger charge is 2.31. The van der Waals surface area contributed by atoms with Crippen molar-refractivity contribution in [3.05, 3.63) is 23.9 Å². The number of aromatic nitrogens is 1. The number of β-amino-alcohol motifs (C(OH)–C–C–N with tert-alkyl or cyclic N) is 1. The molecule has 0 radical (unpaired) electrons. The molecule has 0 aliphatic carbocycles. The Labute approximate surface area is 94.9 Å². The first-order valence-electron chi connectivity index (χ1n) is 5.42. The number of anilines is 1. The van der Waals surface area contributed by atoms with Gasteiger partial charge in [0, 0.05) is 24.8 Å². The van der Waals surface area contributed by atoms with Crippen LogP contribution in [0.25, 0.3) is 0 Å². The molecule has 1 unspecified atom stereocenters. The molecule has 0 saturated carbocycles. The summed E-state index contributed by atoms with van der Waals surface area (Å²) in [6.45, 7) is 4.76. The van der Waals surface area contributed by atoms with Gasteiger partial charge in [0.15, 0.2) is 5.78 Å². The summed E-state index contributed by atoms with van der Waals surface area (Å²) in [5, 5.41) is 9.85. The summed E-state index contributed by atoms with van der Waals surface area (Å²) in [4.78, 5) is 17.4. The maximum absolute atomic E-state index is 11.1. The Balaban J connectivity index is 2.14. The molecule has 16 heavy (non-hydrogen) atoms. The number of ketones is 1. The van der Waals surface area contributed by atoms with Crippen molar-refractivity contribution in [2.75, 3.05) is 18.0 Å². The summed E-state index contributed by atoms with van der Waals surface area (Å²) in [5.41, 5.74) is -0.00398. The van der Waals surface area contributed by atoms with E-state index < -0.39 is 5.60 Å². The van der Waals surface area contributed by atoms with Crippen LogP contribution in [0.3, 0.4) is 0 Å². The molecule has 1 aliphatic rings. The maximum atomic E-state index is 11.1. The lowest BCUT2D eigenvalue weighted by atomic mass is 10.1. The molecule has 1 N–H and O–H groups in total. The fourth-order valence-electron chi connectivity index (χ4n) is 1.92. The zero-order valence-electron chi connectivity index (χ0n) is 9.60. The number of carbonyl (C=O) groups is 1. The topological polar surface area (TPSA) is 53.4 Å². The molecule has 0 spiro atoms. The number of aliphatic hydroxyl groups is 1. The highest BCUT2D eigenvalue weighted by Crippen LogP contribution is 2.24. The summed E-state index contributed by atoms with van der Waals surface area (Å²) in [6.07, 6.45) is 2.34. The molecule has 4 nitrogen and oxygen atoms in total. The molecule has 2 heterocycles. The first kappa shape index (κ1) is 11.1. The molecule has 0 bridgehead atoms. The minimum absolute atomic E-state index is 0.0208. The van der Waals surface area contributed by atoms with Crippen molar-refractivity contribution in [3.63, 3.8) is 0 Å². The fourth-order valence-corrected chi connectivity index (χ4v) is 1.92. The quantitative estimate of drug-likeness (QED) is 0.762. The van der Waals surface area contributed by atoms with E-state index in [1.807, 2.05) is 17.9 Å². The molecule has 2 rings (SSSR count). The van der Waals surface area contributed by atoms with Crippen LogP contribution in [0.2, 0.25) is 0 Å². The van der Waals surface area contributed by atoms with Gasteiger partial charge in [-0.15, -0.1) is 0 Å². The van der Waals surface area contributed by atoms with Crippen LogP contribution >= 0.6 is 0 Å². The van der Waals surface area contributed by atoms with Gasteiger partial charge in [0.1, 0.15) is 5.82 Å². The normalized spacial score (nSPS) is 24.8. The molecule has 0 amide bonds. The average molecular weight is 220 g/mol. The third-order valence-corrected chi connectivity index (χ3v) is 2.93. The number of hydrogen-bond donors (Lipinski definition) is 1. The Morgan fingerprint density at radius 3 is 2.75 bits per heavy atom. The van der Waals surface area contributed by atoms with Crippen LogP contribution < -0.4 is 4.90 Å². The molecule has 86 valence electrons. The van der Waals surface area contributed by atoms with Crippen LogP contribution in [0.4, 0.5) is 5.82 Å². The van der Waals surface area contributed by atoms with Crippen LogP contribution in [0.5, 0.6) is 0 Å². The lowest BCUT2D eigenvalue weighted by Gasteiger charge is -2.19. The predicted octanol–water partition coefficient (Wildman–Crippen LogP) is 1.25. The highest BCUT2D eigenvalue weighted by molar-refractivity contribution is 5.93. The Kier molecular flexibility index (Phi) is 2.68. The van der Waals surface area contributed by atoms with Crippen molar-refractivity contribution < 1.29 is 9.90 Å². The van der Waals surface area contributed by atoms with Crippen molar-refractivity contribution in [1.29, 1.82) is 0 Å². The van der Waals surface area contributed by atoms with Gasteiger partial charge < -0.3 is 10.0 Å². The summed E-state index contributed by atoms with van der Waals surface area (Å²) >= 11 is 0. The minimum atomic E-state index is -0.624. The lowest BCUT2D eigenvalue weighted by Crippen LogP contribution is -2.29. The molecule has 4 heteroatoms. The second kappa shape index (κ2) is 3.87. The number of nitrogens with zero attached hydrogens (tertiary/aromatic N) is 2. The van der Waals surface area contributed by atoms with Gasteiger partial charge in [0.05, 0.1) is 5.60 Å². The Morgan fingerprint density at radius 1 is 1.56 bits per heavy atom. The van der Waals surface area contributed by atoms with Crippen molar-refractivity contribution in [2.45, 2.75) is 25.9 Å². The average Bonchev–Trinajstić information content (AvgIpc) is 2.59. The van der Waals surface area contributed by atoms with Crippen LogP contribution in [0, 0.1) is 0 Å². The van der Waals surface area contributed by atoms with E-state index in [0.29, 0.717) is 12.1 Å². The summed E-state index contributed by atoms with van der Waals surface area (Å²) in [5.74, 6) is 0.843. The summed E-state index contributed by atoms with van der Waals surface area (Å²) in [6, 6.07) is 3.61. The van der Waals surface area contributed by atoms with Crippen LogP contribution in [0.15, 0.2) is 18.3 Å². The van der Waals surface area contributed by atoms with Gasteiger partial charge in [-0.05, 0) is 32.4 Å². The van der Waals surface area contributed by atoms with Crippen molar-refractivity contribution >= 4 is 11.6 Å². The molecule has 1 fully saturated rings. The fraction of sp³-hybridized carbons (Fsp3) is 0.500. The van der Waals surface area contributed by atoms with Crippen molar-refractivity contribution in [3.8, 4) is 0 Å². The van der Waals surface area contributed by atoms with Crippen molar-refractivity contribution in [2.24, 2.45) is 0 Å². The molecule has 1 aromatic rings. The van der Waals surface area contributed by atoms with Gasteiger partial charge in [-0.1, -0.05) is 0 Å². The monoisotopic (exact) mass is 220 g/mol. The standard InChI is InChI=1S/C12H16N2O2/c1-9(15)10-3-4-11(13-7-10)14-6-5-12(2,16)8-14/h3-4,7,16H,5-6,8H2,1-2H3. The van der Waals surface area contributed by atoms with Gasteiger partial charge in [-0.3, -0.25) is 4.79 Å². The number of pyridine rings is 1. The molecule has 1 aliphatic heterocycles. The van der Waals surface area contributed by atoms with E-state index in [4.69, 9.17) is 0 Å². The second-order valence-electron chi connectivity index (χ2n) is 4.63. The second-order valence-corrected chi connectivity index (χ2v) is 4.63. The van der Waals surface area contributed by atoms with Gasteiger partial charge in [0.25, 0.3) is 0 Å². The third kappa shape index (κ3) is 2.22. The largest absolute Gasteiger partial charge is 0.388 e. The maximum Gasteiger partial charge on any atom is 0.161 e. The van der Waals surface area contributed by atoms with Gasteiger partial charge in [-0.25, -0.2) is 4.98 Å². The van der Waals surface area contributed by atoms with E-state index in [2.05, 4.69) is 4.98 Å². The zero-order valence-corrected chi connectivity index (χ0v) is 9.60. The molecular formula is C12H16N2O2. The predicted molar refractivity (Wildman–Crippen MR) is 61.7 cm³/mol. The van der Waals surface area contributed by atoms with E-state index >= 15 is 0 Å². The number of carbonyl (C=O) groups excluding carboxylic acids is 1. The minimum Gasteiger partial charge on any atom is -0.388 e. The van der Waals surface area contributed by atoms with Gasteiger partial charge in [0.2, 0.25) is 0 Å². The van der Waals surface area contributed by atoms with E-state index in [1.165, 1.54) is 6.92 Å². The number of Topliss-reactive ketones (excluding diaryl/α,β-unsaturated/α-hetero) is 1. The smallest absolute Gasteiger partial charge is 0.161 e. The first-order valence-corrected chi connectivity index (χ1v) is 5.42. The van der Waals surface area contributed by atoms with Crippen LogP contribution in [-0.2, 0) is 0 Å². The van der Waals surface area contributed by atoms with E-state index in [9.17, 15) is 9.90 Å². The molecule has 0 aromatic carbocycles. The van der Waals surface area contributed by atoms with E-state index in [0.717, 1.165) is 18.8 Å². The van der Waals surface area contributed by atoms with Crippen LogP contribution in [0.1, 0.15) is 30.6 Å². The number of hydrogen-bond acceptors (Lipinski definition) is 4. The highest BCUT2D eigenvalue weighted by atomic mass is 16.3. The van der Waals surface area contributed by atoms with E-state index in [-0.39, 0.29) is 5.78 Å². The Morgan fingerprint density at radius 2 is 2.31 bits per heavy atom. The molecule has 1 aromatic heterocycles. The van der Waals surface area contributed by atoms with E-state index in [1.54, 1.807) is 12.3 Å². The van der Waals surface area contributed by atoms with Crippen molar-refractivity contribution in [1.82, 2.24) is 4.98 Å². The summed E-state index contributed by atoms with van der Waals surface area (Å²) in [7, 11) is 0. The molecule has 1 atom stereocenters.